The number of unbranched alkanes of at least 4 members (excludes halogenated alkanes) is 4. The van der Waals surface area contributed by atoms with E-state index in [9.17, 15) is 4.79 Å². The van der Waals surface area contributed by atoms with Gasteiger partial charge in [-0.15, -0.1) is 0 Å². The molecule has 124 valence electrons. The largest absolute Gasteiger partial charge is 0.326 e. The van der Waals surface area contributed by atoms with Crippen molar-refractivity contribution < 1.29 is 4.79 Å². The van der Waals surface area contributed by atoms with Crippen LogP contribution >= 0.6 is 11.8 Å². The number of hydrogen-bond donors (Lipinski definition) is 1. The number of amides is 1. The maximum atomic E-state index is 12.5. The molecule has 2 atom stereocenters. The van der Waals surface area contributed by atoms with E-state index in [1.54, 1.807) is 0 Å². The van der Waals surface area contributed by atoms with Gasteiger partial charge in [0.15, 0.2) is 0 Å². The van der Waals surface area contributed by atoms with Gasteiger partial charge in [0.05, 0.1) is 12.2 Å². The van der Waals surface area contributed by atoms with Gasteiger partial charge >= 0.3 is 0 Å². The number of thioether (sulfide) groups is 1. The summed E-state index contributed by atoms with van der Waals surface area (Å²) in [6.45, 7) is 5.33. The summed E-state index contributed by atoms with van der Waals surface area (Å²) in [4.78, 5) is 14.6. The maximum absolute atomic E-state index is 12.5. The molecule has 0 saturated carbocycles. The molecule has 4 heteroatoms. The summed E-state index contributed by atoms with van der Waals surface area (Å²) in [5.41, 5.74) is 0. The Morgan fingerprint density at radius 2 is 1.81 bits per heavy atom. The summed E-state index contributed by atoms with van der Waals surface area (Å²) < 4.78 is 0. The third-order valence-corrected chi connectivity index (χ3v) is 4.95. The van der Waals surface area contributed by atoms with Crippen molar-refractivity contribution in [3.05, 3.63) is 0 Å². The molecule has 1 N–H and O–H groups in total. The number of nitrogens with one attached hydrogen (secondary N) is 1. The smallest absolute Gasteiger partial charge is 0.241 e. The van der Waals surface area contributed by atoms with Crippen molar-refractivity contribution in [3.8, 4) is 0 Å². The third kappa shape index (κ3) is 6.60. The molecule has 1 aliphatic heterocycles. The van der Waals surface area contributed by atoms with Crippen LogP contribution in [0.25, 0.3) is 0 Å². The normalized spacial score (nSPS) is 22.2. The van der Waals surface area contributed by atoms with Crippen LogP contribution in [0.2, 0.25) is 0 Å². The second-order valence-corrected chi connectivity index (χ2v) is 7.09. The van der Waals surface area contributed by atoms with Gasteiger partial charge in [-0.1, -0.05) is 46.0 Å². The van der Waals surface area contributed by atoms with E-state index in [0.717, 1.165) is 38.6 Å². The van der Waals surface area contributed by atoms with Crippen LogP contribution in [0.3, 0.4) is 0 Å². The van der Waals surface area contributed by atoms with Crippen molar-refractivity contribution in [1.82, 2.24) is 10.2 Å². The molecule has 1 amide bonds. The fraction of sp³-hybridized carbons (Fsp3) is 0.941. The first-order valence-electron chi connectivity index (χ1n) is 8.80. The number of carbonyl (C=O) groups excluding carboxylic acids is 1. The van der Waals surface area contributed by atoms with E-state index in [0.29, 0.717) is 5.91 Å². The molecule has 0 aliphatic carbocycles. The fourth-order valence-corrected chi connectivity index (χ4v) is 3.52. The number of nitrogens with zero attached hydrogens (tertiary/aromatic N) is 1. The summed E-state index contributed by atoms with van der Waals surface area (Å²) in [5.74, 6) is 1.62. The zero-order valence-corrected chi connectivity index (χ0v) is 15.0. The molecule has 0 radical (unpaired) electrons. The molecule has 0 aromatic rings. The lowest BCUT2D eigenvalue weighted by Gasteiger charge is -2.23. The van der Waals surface area contributed by atoms with Gasteiger partial charge in [-0.2, -0.15) is 11.8 Å². The Morgan fingerprint density at radius 1 is 1.05 bits per heavy atom. The van der Waals surface area contributed by atoms with Crippen molar-refractivity contribution >= 4 is 17.7 Å². The zero-order chi connectivity index (χ0) is 15.5. The number of rotatable bonds is 12. The predicted molar refractivity (Wildman–Crippen MR) is 93.7 cm³/mol. The van der Waals surface area contributed by atoms with Gasteiger partial charge in [0, 0.05) is 6.54 Å². The topological polar surface area (TPSA) is 32.3 Å². The summed E-state index contributed by atoms with van der Waals surface area (Å²) in [7, 11) is 0. The molecular formula is C17H34N2OS. The van der Waals surface area contributed by atoms with Gasteiger partial charge in [-0.05, 0) is 37.7 Å². The molecule has 0 spiro atoms. The van der Waals surface area contributed by atoms with E-state index in [1.165, 1.54) is 31.4 Å². The Hall–Kier alpha value is -0.220. The van der Waals surface area contributed by atoms with E-state index in [2.05, 4.69) is 30.3 Å². The molecule has 1 rings (SSSR count). The monoisotopic (exact) mass is 314 g/mol. The van der Waals surface area contributed by atoms with E-state index < -0.39 is 0 Å². The minimum Gasteiger partial charge on any atom is -0.326 e. The first-order chi connectivity index (χ1) is 10.2. The average molecular weight is 315 g/mol. The molecule has 0 aromatic carbocycles. The van der Waals surface area contributed by atoms with Gasteiger partial charge in [-0.25, -0.2) is 0 Å². The maximum Gasteiger partial charge on any atom is 0.241 e. The Morgan fingerprint density at radius 3 is 2.48 bits per heavy atom. The highest BCUT2D eigenvalue weighted by molar-refractivity contribution is 7.98. The summed E-state index contributed by atoms with van der Waals surface area (Å²) in [6, 6.07) is 0.0815. The molecule has 3 nitrogen and oxygen atoms in total. The molecule has 1 heterocycles. The molecule has 0 aromatic heterocycles. The van der Waals surface area contributed by atoms with Crippen molar-refractivity contribution in [1.29, 1.82) is 0 Å². The van der Waals surface area contributed by atoms with E-state index >= 15 is 0 Å². The molecule has 1 aliphatic rings. The van der Waals surface area contributed by atoms with Crippen molar-refractivity contribution in [2.24, 2.45) is 0 Å². The first-order valence-corrected chi connectivity index (χ1v) is 10.2. The van der Waals surface area contributed by atoms with Crippen LogP contribution < -0.4 is 5.32 Å². The molecule has 21 heavy (non-hydrogen) atoms. The Kier molecular flexibility index (Phi) is 10.2. The highest BCUT2D eigenvalue weighted by Gasteiger charge is 2.36. The van der Waals surface area contributed by atoms with Crippen LogP contribution in [0.15, 0.2) is 0 Å². The van der Waals surface area contributed by atoms with Gasteiger partial charge in [0.2, 0.25) is 5.91 Å². The van der Waals surface area contributed by atoms with Gasteiger partial charge < -0.3 is 4.90 Å². The van der Waals surface area contributed by atoms with Gasteiger partial charge in [-0.3, -0.25) is 10.1 Å². The van der Waals surface area contributed by atoms with Crippen LogP contribution in [0, 0.1) is 0 Å². The van der Waals surface area contributed by atoms with Crippen LogP contribution in [0.1, 0.15) is 71.6 Å². The van der Waals surface area contributed by atoms with Gasteiger partial charge in [0.1, 0.15) is 0 Å². The fourth-order valence-electron chi connectivity index (χ4n) is 3.02. The van der Waals surface area contributed by atoms with Gasteiger partial charge in [0.25, 0.3) is 0 Å². The third-order valence-electron chi connectivity index (χ3n) is 4.26. The quantitative estimate of drug-likeness (QED) is 0.552. The van der Waals surface area contributed by atoms with Crippen LogP contribution in [-0.4, -0.2) is 41.6 Å². The minimum absolute atomic E-state index is 0.0815. The SMILES string of the molecule is CCCCC1NC(CCC)N(CCCCCCSC)C1=O. The standard InChI is InChI=1S/C17H34N2OS/c1-4-6-12-15-17(20)19(16(18-15)11-5-2)13-9-7-8-10-14-21-3/h15-16,18H,4-14H2,1-3H3. The second-order valence-electron chi connectivity index (χ2n) is 6.10. The first kappa shape index (κ1) is 18.8. The van der Waals surface area contributed by atoms with Crippen LogP contribution in [-0.2, 0) is 4.79 Å². The Balaban J connectivity index is 2.35. The van der Waals surface area contributed by atoms with Crippen molar-refractivity contribution in [2.75, 3.05) is 18.6 Å². The molecule has 1 fully saturated rings. The second kappa shape index (κ2) is 11.4. The minimum atomic E-state index is 0.0815. The van der Waals surface area contributed by atoms with E-state index in [-0.39, 0.29) is 12.2 Å². The lowest BCUT2D eigenvalue weighted by atomic mass is 10.1. The summed E-state index contributed by atoms with van der Waals surface area (Å²) in [6.07, 6.45) is 13.0. The molecule has 0 bridgehead atoms. The van der Waals surface area contributed by atoms with Crippen LogP contribution in [0.4, 0.5) is 0 Å². The lowest BCUT2D eigenvalue weighted by Crippen LogP contribution is -2.37. The van der Waals surface area contributed by atoms with Crippen molar-refractivity contribution in [2.45, 2.75) is 83.8 Å². The van der Waals surface area contributed by atoms with Crippen LogP contribution in [0.5, 0.6) is 0 Å². The summed E-state index contributed by atoms with van der Waals surface area (Å²) >= 11 is 1.93. The zero-order valence-electron chi connectivity index (χ0n) is 14.2. The Bertz CT molecular complexity index is 286. The highest BCUT2D eigenvalue weighted by atomic mass is 32.2. The highest BCUT2D eigenvalue weighted by Crippen LogP contribution is 2.19. The molecule has 2 unspecified atom stereocenters. The number of hydrogen-bond acceptors (Lipinski definition) is 3. The molecule has 1 saturated heterocycles. The summed E-state index contributed by atoms with van der Waals surface area (Å²) in [5, 5.41) is 3.56. The van der Waals surface area contributed by atoms with Crippen molar-refractivity contribution in [3.63, 3.8) is 0 Å². The predicted octanol–water partition coefficient (Wildman–Crippen LogP) is 4.03. The lowest BCUT2D eigenvalue weighted by molar-refractivity contribution is -0.130. The number of carbonyl (C=O) groups is 1. The average Bonchev–Trinajstić information content (AvgIpc) is 2.77. The molecular weight excluding hydrogens is 280 g/mol. The van der Waals surface area contributed by atoms with E-state index in [1.807, 2.05) is 11.8 Å². The Labute approximate surface area is 135 Å². The van der Waals surface area contributed by atoms with E-state index in [4.69, 9.17) is 0 Å².